The maximum Gasteiger partial charge on any atom is 0.320 e. The number of carbonyl (C=O) groups is 1. The summed E-state index contributed by atoms with van der Waals surface area (Å²) in [6, 6.07) is 5.03. The molecule has 0 radical (unpaired) electrons. The molecule has 112 valence electrons. The zero-order chi connectivity index (χ0) is 16.1. The minimum absolute atomic E-state index is 0.0796. The molecule has 0 saturated heterocycles. The Kier molecular flexibility index (Phi) is 9.33. The first kappa shape index (κ1) is 18.0. The van der Waals surface area contributed by atoms with E-state index in [0.717, 1.165) is 0 Å². The highest BCUT2D eigenvalue weighted by Crippen LogP contribution is 2.11. The van der Waals surface area contributed by atoms with E-state index in [0.29, 0.717) is 13.2 Å². The number of nitrogens with zero attached hydrogens (tertiary/aromatic N) is 3. The fourth-order valence-electron chi connectivity index (χ4n) is 1.12. The van der Waals surface area contributed by atoms with Crippen LogP contribution in [0.1, 0.15) is 31.6 Å². The van der Waals surface area contributed by atoms with Crippen LogP contribution in [0.4, 0.5) is 0 Å². The van der Waals surface area contributed by atoms with Gasteiger partial charge in [-0.05, 0) is 25.1 Å². The summed E-state index contributed by atoms with van der Waals surface area (Å²) in [5.74, 6) is -0.383. The highest BCUT2D eigenvalue weighted by molar-refractivity contribution is 5.93. The summed E-state index contributed by atoms with van der Waals surface area (Å²) < 4.78 is 14.3. The fraction of sp³-hybridized carbons (Fsp3) is 0.385. The summed E-state index contributed by atoms with van der Waals surface area (Å²) in [6.45, 7) is 4.13. The number of furan rings is 1. The van der Waals surface area contributed by atoms with Crippen LogP contribution in [-0.2, 0) is 14.3 Å². The Labute approximate surface area is 121 Å². The van der Waals surface area contributed by atoms with Crippen LogP contribution in [0.3, 0.4) is 0 Å². The quantitative estimate of drug-likeness (QED) is 0.294. The van der Waals surface area contributed by atoms with Gasteiger partial charge in [0.25, 0.3) is 5.90 Å². The fourth-order valence-corrected chi connectivity index (χ4v) is 1.12. The first-order valence-electron chi connectivity index (χ1n) is 5.99. The van der Waals surface area contributed by atoms with Gasteiger partial charge in [0, 0.05) is 0 Å². The largest absolute Gasteiger partial charge is 0.473 e. The van der Waals surface area contributed by atoms with Gasteiger partial charge >= 0.3 is 5.97 Å². The van der Waals surface area contributed by atoms with Crippen molar-refractivity contribution < 1.29 is 23.9 Å². The lowest BCUT2D eigenvalue weighted by Gasteiger charge is -2.01. The second-order valence-electron chi connectivity index (χ2n) is 3.25. The number of ether oxygens (including phenoxy) is 2. The predicted molar refractivity (Wildman–Crippen MR) is 70.2 cm³/mol. The van der Waals surface area contributed by atoms with E-state index in [9.17, 15) is 4.79 Å². The molecule has 0 aromatic carbocycles. The van der Waals surface area contributed by atoms with E-state index >= 15 is 0 Å². The number of carbonyl (C=O) groups excluding carboxylic acids is 1. The molecule has 1 aromatic rings. The van der Waals surface area contributed by atoms with Gasteiger partial charge in [0.2, 0.25) is 5.76 Å². The summed E-state index contributed by atoms with van der Waals surface area (Å²) in [6.07, 6.45) is 1.19. The van der Waals surface area contributed by atoms with Crippen molar-refractivity contribution in [2.75, 3.05) is 13.2 Å². The van der Waals surface area contributed by atoms with Crippen molar-refractivity contribution in [2.24, 2.45) is 5.16 Å². The zero-order valence-corrected chi connectivity index (χ0v) is 11.7. The minimum atomic E-state index is -0.449. The molecule has 0 aliphatic rings. The van der Waals surface area contributed by atoms with Crippen LogP contribution in [0.15, 0.2) is 21.9 Å². The molecule has 0 bridgehead atoms. The Balaban J connectivity index is 0.000000433. The van der Waals surface area contributed by atoms with Gasteiger partial charge in [-0.2, -0.15) is 10.5 Å². The van der Waals surface area contributed by atoms with Crippen LogP contribution >= 0.6 is 0 Å². The standard InChI is InChI=1S/C8H8N2O3.C5H7NO2/c1-2-12-8(10-11)7-6(5-9)3-4-13-7;1-2-8-5(7)3-4-6/h3-4,11H,2H2,1H3;2-3H2,1H3. The molecular formula is C13H15N3O5. The summed E-state index contributed by atoms with van der Waals surface area (Å²) in [5.41, 5.74) is 0.279. The third kappa shape index (κ3) is 6.64. The van der Waals surface area contributed by atoms with E-state index in [1.807, 2.05) is 6.07 Å². The third-order valence-corrected chi connectivity index (χ3v) is 1.88. The second kappa shape index (κ2) is 10.9. The Morgan fingerprint density at radius 3 is 2.52 bits per heavy atom. The van der Waals surface area contributed by atoms with Crippen LogP contribution in [0.25, 0.3) is 0 Å². The van der Waals surface area contributed by atoms with Crippen LogP contribution in [0, 0.1) is 22.7 Å². The molecular weight excluding hydrogens is 278 g/mol. The van der Waals surface area contributed by atoms with Crippen molar-refractivity contribution in [1.82, 2.24) is 0 Å². The zero-order valence-electron chi connectivity index (χ0n) is 11.7. The molecule has 0 fully saturated rings. The van der Waals surface area contributed by atoms with Gasteiger partial charge in [-0.25, -0.2) is 0 Å². The van der Waals surface area contributed by atoms with Crippen molar-refractivity contribution >= 4 is 11.9 Å². The molecule has 1 rings (SSSR count). The highest BCUT2D eigenvalue weighted by atomic mass is 16.5. The number of hydrogen-bond acceptors (Lipinski definition) is 8. The predicted octanol–water partition coefficient (Wildman–Crippen LogP) is 1.79. The van der Waals surface area contributed by atoms with Gasteiger partial charge in [-0.15, -0.1) is 0 Å². The van der Waals surface area contributed by atoms with Crippen molar-refractivity contribution in [3.8, 4) is 12.1 Å². The Morgan fingerprint density at radius 1 is 1.38 bits per heavy atom. The molecule has 1 N–H and O–H groups in total. The van der Waals surface area contributed by atoms with E-state index in [2.05, 4.69) is 9.89 Å². The van der Waals surface area contributed by atoms with Gasteiger partial charge in [0.05, 0.1) is 25.5 Å². The lowest BCUT2D eigenvalue weighted by atomic mass is 10.3. The van der Waals surface area contributed by atoms with E-state index < -0.39 is 5.97 Å². The van der Waals surface area contributed by atoms with Gasteiger partial charge < -0.3 is 19.1 Å². The Hall–Kier alpha value is -3.00. The number of hydrogen-bond donors (Lipinski definition) is 1. The smallest absolute Gasteiger partial charge is 0.320 e. The number of rotatable bonds is 4. The maximum atomic E-state index is 10.2. The average Bonchev–Trinajstić information content (AvgIpc) is 2.94. The van der Waals surface area contributed by atoms with E-state index in [1.165, 1.54) is 12.3 Å². The molecule has 0 amide bonds. The molecule has 0 spiro atoms. The molecule has 0 saturated carbocycles. The van der Waals surface area contributed by atoms with Crippen LogP contribution in [0.2, 0.25) is 0 Å². The summed E-state index contributed by atoms with van der Waals surface area (Å²) in [7, 11) is 0. The molecule has 0 aliphatic carbocycles. The van der Waals surface area contributed by atoms with Crippen LogP contribution in [-0.4, -0.2) is 30.3 Å². The summed E-state index contributed by atoms with van der Waals surface area (Å²) >= 11 is 0. The third-order valence-electron chi connectivity index (χ3n) is 1.88. The molecule has 1 aromatic heterocycles. The van der Waals surface area contributed by atoms with Crippen molar-refractivity contribution in [1.29, 1.82) is 10.5 Å². The van der Waals surface area contributed by atoms with Crippen molar-refractivity contribution in [2.45, 2.75) is 20.3 Å². The van der Waals surface area contributed by atoms with Crippen LogP contribution in [0.5, 0.6) is 0 Å². The van der Waals surface area contributed by atoms with Crippen molar-refractivity contribution in [3.05, 3.63) is 23.7 Å². The number of nitriles is 2. The highest BCUT2D eigenvalue weighted by Gasteiger charge is 2.14. The molecule has 0 unspecified atom stereocenters. The molecule has 21 heavy (non-hydrogen) atoms. The first-order chi connectivity index (χ1) is 10.1. The lowest BCUT2D eigenvalue weighted by molar-refractivity contribution is -0.141. The molecule has 0 atom stereocenters. The van der Waals surface area contributed by atoms with Crippen LogP contribution < -0.4 is 0 Å². The van der Waals surface area contributed by atoms with E-state index in [1.54, 1.807) is 19.9 Å². The molecule has 8 nitrogen and oxygen atoms in total. The molecule has 1 heterocycles. The normalized spacial score (nSPS) is 9.62. The molecule has 8 heteroatoms. The second-order valence-corrected chi connectivity index (χ2v) is 3.25. The maximum absolute atomic E-state index is 10.2. The van der Waals surface area contributed by atoms with Gasteiger partial charge in [-0.1, -0.05) is 0 Å². The number of oxime groups is 1. The van der Waals surface area contributed by atoms with Gasteiger partial charge in [0.1, 0.15) is 18.1 Å². The van der Waals surface area contributed by atoms with E-state index in [-0.39, 0.29) is 23.6 Å². The summed E-state index contributed by atoms with van der Waals surface area (Å²) in [4.78, 5) is 10.2. The van der Waals surface area contributed by atoms with Gasteiger partial charge in [0.15, 0.2) is 0 Å². The average molecular weight is 293 g/mol. The molecule has 0 aliphatic heterocycles. The topological polar surface area (TPSA) is 129 Å². The summed E-state index contributed by atoms with van der Waals surface area (Å²) in [5, 5.41) is 28.0. The lowest BCUT2D eigenvalue weighted by Crippen LogP contribution is -2.06. The number of esters is 1. The van der Waals surface area contributed by atoms with Gasteiger partial charge in [-0.3, -0.25) is 4.79 Å². The Morgan fingerprint density at radius 2 is 2.05 bits per heavy atom. The first-order valence-corrected chi connectivity index (χ1v) is 5.99. The van der Waals surface area contributed by atoms with Crippen molar-refractivity contribution in [3.63, 3.8) is 0 Å². The SMILES string of the molecule is CCOC(=NO)c1occc1C#N.CCOC(=O)CC#N. The monoisotopic (exact) mass is 293 g/mol. The Bertz CT molecular complexity index is 551. The van der Waals surface area contributed by atoms with E-state index in [4.69, 9.17) is 24.9 Å². The minimum Gasteiger partial charge on any atom is -0.473 e.